The van der Waals surface area contributed by atoms with Crippen LogP contribution in [0.2, 0.25) is 0 Å². The number of hydrogen-bond donors (Lipinski definition) is 0. The number of anilines is 1. The minimum atomic E-state index is 0.802. The second kappa shape index (κ2) is 5.38. The van der Waals surface area contributed by atoms with Crippen molar-refractivity contribution in [2.24, 2.45) is 13.0 Å². The van der Waals surface area contributed by atoms with E-state index in [0.717, 1.165) is 35.1 Å². The molecule has 1 saturated carbocycles. The van der Waals surface area contributed by atoms with Crippen LogP contribution < -0.4 is 4.90 Å². The average Bonchev–Trinajstić information content (AvgIpc) is 2.81. The van der Waals surface area contributed by atoms with Crippen LogP contribution in [-0.4, -0.2) is 33.3 Å². The van der Waals surface area contributed by atoms with Crippen molar-refractivity contribution in [1.29, 1.82) is 0 Å². The summed E-state index contributed by atoms with van der Waals surface area (Å²) in [7, 11) is 4.07. The Morgan fingerprint density at radius 2 is 2.00 bits per heavy atom. The third kappa shape index (κ3) is 2.49. The van der Waals surface area contributed by atoms with Crippen LogP contribution in [0.3, 0.4) is 0 Å². The van der Waals surface area contributed by atoms with Crippen LogP contribution in [0.25, 0.3) is 11.0 Å². The molecule has 1 aliphatic carbocycles. The highest BCUT2D eigenvalue weighted by molar-refractivity contribution is 5.86. The van der Waals surface area contributed by atoms with Gasteiger partial charge in [0.15, 0.2) is 5.65 Å². The van der Waals surface area contributed by atoms with E-state index in [1.54, 1.807) is 0 Å². The Balaban J connectivity index is 1.88. The summed E-state index contributed by atoms with van der Waals surface area (Å²) in [5, 5.41) is 5.37. The van der Waals surface area contributed by atoms with Gasteiger partial charge in [-0.2, -0.15) is 5.10 Å². The standard InChI is InChI=1S/C15H23N5/c1-11-17-14(13-9-16-20(3)15(13)18-11)19(2)10-12-7-5-4-6-8-12/h9,12H,4-8,10H2,1-3H3. The molecule has 108 valence electrons. The zero-order valence-corrected chi connectivity index (χ0v) is 12.6. The first kappa shape index (κ1) is 13.3. The van der Waals surface area contributed by atoms with E-state index in [4.69, 9.17) is 0 Å². The topological polar surface area (TPSA) is 46.8 Å². The zero-order chi connectivity index (χ0) is 14.1. The molecule has 1 aliphatic rings. The molecule has 0 atom stereocenters. The van der Waals surface area contributed by atoms with Gasteiger partial charge in [-0.3, -0.25) is 4.68 Å². The summed E-state index contributed by atoms with van der Waals surface area (Å²) in [4.78, 5) is 11.4. The molecule has 0 spiro atoms. The van der Waals surface area contributed by atoms with Crippen molar-refractivity contribution >= 4 is 16.9 Å². The van der Waals surface area contributed by atoms with Gasteiger partial charge in [0.2, 0.25) is 0 Å². The van der Waals surface area contributed by atoms with Gasteiger partial charge < -0.3 is 4.90 Å². The molecular formula is C15H23N5. The third-order valence-corrected chi connectivity index (χ3v) is 4.30. The van der Waals surface area contributed by atoms with Crippen LogP contribution in [0, 0.1) is 12.8 Å². The Labute approximate surface area is 120 Å². The molecular weight excluding hydrogens is 250 g/mol. The van der Waals surface area contributed by atoms with Crippen molar-refractivity contribution < 1.29 is 0 Å². The fourth-order valence-corrected chi connectivity index (χ4v) is 3.25. The highest BCUT2D eigenvalue weighted by Crippen LogP contribution is 2.28. The first-order valence-electron chi connectivity index (χ1n) is 7.52. The van der Waals surface area contributed by atoms with Crippen LogP contribution in [0.15, 0.2) is 6.20 Å². The van der Waals surface area contributed by atoms with Crippen molar-refractivity contribution in [2.45, 2.75) is 39.0 Å². The molecule has 0 amide bonds. The molecule has 0 aromatic carbocycles. The normalized spacial score (nSPS) is 16.8. The second-order valence-corrected chi connectivity index (χ2v) is 5.98. The maximum atomic E-state index is 4.64. The maximum Gasteiger partial charge on any atom is 0.163 e. The molecule has 2 heterocycles. The Bertz CT molecular complexity index is 598. The Hall–Kier alpha value is -1.65. The molecule has 5 nitrogen and oxygen atoms in total. The molecule has 0 aliphatic heterocycles. The van der Waals surface area contributed by atoms with Crippen LogP contribution in [0.5, 0.6) is 0 Å². The van der Waals surface area contributed by atoms with E-state index in [1.165, 1.54) is 32.1 Å². The average molecular weight is 273 g/mol. The van der Waals surface area contributed by atoms with E-state index in [0.29, 0.717) is 0 Å². The van der Waals surface area contributed by atoms with Crippen molar-refractivity contribution in [2.75, 3.05) is 18.5 Å². The van der Waals surface area contributed by atoms with E-state index >= 15 is 0 Å². The summed E-state index contributed by atoms with van der Waals surface area (Å²) in [6, 6.07) is 0. The van der Waals surface area contributed by atoms with Crippen LogP contribution in [0.1, 0.15) is 37.9 Å². The molecule has 2 aromatic heterocycles. The van der Waals surface area contributed by atoms with Gasteiger partial charge in [-0.15, -0.1) is 0 Å². The lowest BCUT2D eigenvalue weighted by molar-refractivity contribution is 0.362. The lowest BCUT2D eigenvalue weighted by Gasteiger charge is -2.28. The molecule has 0 saturated heterocycles. The maximum absolute atomic E-state index is 4.64. The predicted molar refractivity (Wildman–Crippen MR) is 80.9 cm³/mol. The lowest BCUT2D eigenvalue weighted by atomic mass is 9.89. The van der Waals surface area contributed by atoms with Gasteiger partial charge in [0, 0.05) is 20.6 Å². The summed E-state index contributed by atoms with van der Waals surface area (Å²) in [6.07, 6.45) is 8.74. The van der Waals surface area contributed by atoms with Crippen molar-refractivity contribution in [3.05, 3.63) is 12.0 Å². The van der Waals surface area contributed by atoms with Gasteiger partial charge in [0.25, 0.3) is 0 Å². The van der Waals surface area contributed by atoms with E-state index in [9.17, 15) is 0 Å². The number of aromatic nitrogens is 4. The monoisotopic (exact) mass is 273 g/mol. The number of rotatable bonds is 3. The van der Waals surface area contributed by atoms with Crippen molar-refractivity contribution in [1.82, 2.24) is 19.7 Å². The van der Waals surface area contributed by atoms with Gasteiger partial charge in [0.1, 0.15) is 11.6 Å². The number of nitrogens with zero attached hydrogens (tertiary/aromatic N) is 5. The van der Waals surface area contributed by atoms with Crippen LogP contribution in [-0.2, 0) is 7.05 Å². The van der Waals surface area contributed by atoms with Crippen molar-refractivity contribution in [3.8, 4) is 0 Å². The summed E-state index contributed by atoms with van der Waals surface area (Å²) in [5.41, 5.74) is 0.919. The molecule has 5 heteroatoms. The van der Waals surface area contributed by atoms with Gasteiger partial charge in [-0.1, -0.05) is 19.3 Å². The molecule has 0 N–H and O–H groups in total. The number of aryl methyl sites for hydroxylation is 2. The van der Waals surface area contributed by atoms with Crippen LogP contribution >= 0.6 is 0 Å². The Morgan fingerprint density at radius 1 is 1.25 bits per heavy atom. The lowest BCUT2D eigenvalue weighted by Crippen LogP contribution is -2.28. The summed E-state index contributed by atoms with van der Waals surface area (Å²) in [6.45, 7) is 3.03. The molecule has 20 heavy (non-hydrogen) atoms. The molecule has 0 radical (unpaired) electrons. The Morgan fingerprint density at radius 3 is 2.75 bits per heavy atom. The van der Waals surface area contributed by atoms with Crippen LogP contribution in [0.4, 0.5) is 5.82 Å². The number of fused-ring (bicyclic) bond motifs is 1. The molecule has 1 fully saturated rings. The molecule has 0 bridgehead atoms. The minimum Gasteiger partial charge on any atom is -0.359 e. The molecule has 2 aromatic rings. The van der Waals surface area contributed by atoms with E-state index in [2.05, 4.69) is 27.0 Å². The first-order valence-corrected chi connectivity index (χ1v) is 7.52. The Kier molecular flexibility index (Phi) is 3.59. The van der Waals surface area contributed by atoms with E-state index < -0.39 is 0 Å². The van der Waals surface area contributed by atoms with Gasteiger partial charge in [-0.05, 0) is 25.7 Å². The number of hydrogen-bond acceptors (Lipinski definition) is 4. The van der Waals surface area contributed by atoms with E-state index in [-0.39, 0.29) is 0 Å². The fourth-order valence-electron chi connectivity index (χ4n) is 3.25. The molecule has 0 unspecified atom stereocenters. The molecule has 3 rings (SSSR count). The highest BCUT2D eigenvalue weighted by Gasteiger charge is 2.19. The van der Waals surface area contributed by atoms with Crippen molar-refractivity contribution in [3.63, 3.8) is 0 Å². The second-order valence-electron chi connectivity index (χ2n) is 5.98. The van der Waals surface area contributed by atoms with Gasteiger partial charge >= 0.3 is 0 Å². The minimum absolute atomic E-state index is 0.802. The quantitative estimate of drug-likeness (QED) is 0.862. The van der Waals surface area contributed by atoms with Gasteiger partial charge in [0.05, 0.1) is 11.6 Å². The van der Waals surface area contributed by atoms with E-state index in [1.807, 2.05) is 24.9 Å². The smallest absolute Gasteiger partial charge is 0.163 e. The zero-order valence-electron chi connectivity index (χ0n) is 12.6. The largest absolute Gasteiger partial charge is 0.359 e. The first-order chi connectivity index (χ1) is 9.65. The predicted octanol–water partition coefficient (Wildman–Crippen LogP) is 2.69. The SMILES string of the molecule is Cc1nc(N(C)CC2CCCCC2)c2cnn(C)c2n1. The van der Waals surface area contributed by atoms with Gasteiger partial charge in [-0.25, -0.2) is 9.97 Å². The fraction of sp³-hybridized carbons (Fsp3) is 0.667. The third-order valence-electron chi connectivity index (χ3n) is 4.30. The summed E-state index contributed by atoms with van der Waals surface area (Å²) < 4.78 is 1.82. The summed E-state index contributed by atoms with van der Waals surface area (Å²) >= 11 is 0. The highest BCUT2D eigenvalue weighted by atomic mass is 15.3. The summed E-state index contributed by atoms with van der Waals surface area (Å²) in [5.74, 6) is 2.63.